The molecule has 2 N–H and O–H groups in total. The highest BCUT2D eigenvalue weighted by atomic mass is 16.4. The molecule has 2 aromatic carbocycles. The van der Waals surface area contributed by atoms with Crippen molar-refractivity contribution in [2.75, 3.05) is 5.32 Å². The maximum atomic E-state index is 10.8. The van der Waals surface area contributed by atoms with Crippen molar-refractivity contribution in [3.63, 3.8) is 0 Å². The number of benzene rings is 2. The van der Waals surface area contributed by atoms with Crippen molar-refractivity contribution in [1.29, 1.82) is 0 Å². The number of aromatic nitrogens is 2. The molecule has 0 unspecified atom stereocenters. The molecule has 0 saturated carbocycles. The predicted molar refractivity (Wildman–Crippen MR) is 82.6 cm³/mol. The van der Waals surface area contributed by atoms with Gasteiger partial charge >= 0.3 is 18.0 Å². The Morgan fingerprint density at radius 3 is 2.43 bits per heavy atom. The normalized spacial score (nSPS) is 11.1. The second kappa shape index (κ2) is 5.13. The van der Waals surface area contributed by atoms with E-state index in [9.17, 15) is 4.79 Å². The standard InChI is InChI=1S/C16H11N3O4/c20-14(21)8-9-5-6-13-11(7-9)18-16(23-13)19-15-17-10-3-1-2-4-12(10)22-15/h1-7H,8H2,(H,20,21)(H,17,18,19). The van der Waals surface area contributed by atoms with Crippen LogP contribution in [-0.4, -0.2) is 21.0 Å². The van der Waals surface area contributed by atoms with Crippen molar-refractivity contribution in [1.82, 2.24) is 9.97 Å². The van der Waals surface area contributed by atoms with Crippen LogP contribution >= 0.6 is 0 Å². The van der Waals surface area contributed by atoms with E-state index in [1.165, 1.54) is 0 Å². The van der Waals surface area contributed by atoms with Crippen molar-refractivity contribution in [2.45, 2.75) is 6.42 Å². The average Bonchev–Trinajstić information content (AvgIpc) is 3.08. The first-order chi connectivity index (χ1) is 11.2. The molecule has 4 aromatic rings. The Labute approximate surface area is 129 Å². The van der Waals surface area contributed by atoms with Crippen molar-refractivity contribution in [3.05, 3.63) is 48.0 Å². The van der Waals surface area contributed by atoms with E-state index in [4.69, 9.17) is 13.9 Å². The number of fused-ring (bicyclic) bond motifs is 2. The molecular weight excluding hydrogens is 298 g/mol. The molecule has 4 rings (SSSR count). The summed E-state index contributed by atoms with van der Waals surface area (Å²) in [5.41, 5.74) is 3.18. The quantitative estimate of drug-likeness (QED) is 0.596. The fourth-order valence-electron chi connectivity index (χ4n) is 2.33. The van der Waals surface area contributed by atoms with E-state index >= 15 is 0 Å². The topological polar surface area (TPSA) is 101 Å². The summed E-state index contributed by atoms with van der Waals surface area (Å²) in [6.45, 7) is 0. The highest BCUT2D eigenvalue weighted by Gasteiger charge is 2.11. The molecule has 0 spiro atoms. The van der Waals surface area contributed by atoms with Gasteiger partial charge in [-0.2, -0.15) is 9.97 Å². The molecule has 0 radical (unpaired) electrons. The van der Waals surface area contributed by atoms with Crippen LogP contribution in [0.25, 0.3) is 22.2 Å². The van der Waals surface area contributed by atoms with Gasteiger partial charge in [-0.25, -0.2) is 0 Å². The minimum atomic E-state index is -0.891. The number of hydrogen-bond donors (Lipinski definition) is 2. The summed E-state index contributed by atoms with van der Waals surface area (Å²) in [5.74, 6) is -0.891. The third kappa shape index (κ3) is 2.59. The van der Waals surface area contributed by atoms with Gasteiger partial charge in [-0.05, 0) is 29.8 Å². The molecule has 2 heterocycles. The van der Waals surface area contributed by atoms with Gasteiger partial charge in [0.05, 0.1) is 6.42 Å². The van der Waals surface area contributed by atoms with Crippen LogP contribution in [0, 0.1) is 0 Å². The summed E-state index contributed by atoms with van der Waals surface area (Å²) >= 11 is 0. The third-order valence-corrected chi connectivity index (χ3v) is 3.32. The molecule has 7 nitrogen and oxygen atoms in total. The van der Waals surface area contributed by atoms with Gasteiger partial charge in [-0.1, -0.05) is 18.2 Å². The molecule has 0 fully saturated rings. The lowest BCUT2D eigenvalue weighted by Gasteiger charge is -1.94. The smallest absolute Gasteiger partial charge is 0.307 e. The number of nitrogens with zero attached hydrogens (tertiary/aromatic N) is 2. The Hall–Kier alpha value is -3.35. The number of carboxylic acids is 1. The number of aliphatic carboxylic acids is 1. The van der Waals surface area contributed by atoms with E-state index in [-0.39, 0.29) is 18.5 Å². The summed E-state index contributed by atoms with van der Waals surface area (Å²) in [4.78, 5) is 19.3. The lowest BCUT2D eigenvalue weighted by molar-refractivity contribution is -0.136. The molecule has 0 saturated heterocycles. The molecule has 0 aliphatic carbocycles. The van der Waals surface area contributed by atoms with Crippen LogP contribution in [0.5, 0.6) is 0 Å². The number of carbonyl (C=O) groups is 1. The van der Waals surface area contributed by atoms with Crippen molar-refractivity contribution >= 4 is 40.2 Å². The molecule has 0 amide bonds. The maximum Gasteiger partial charge on any atom is 0.307 e. The largest absolute Gasteiger partial charge is 0.481 e. The molecule has 7 heteroatoms. The van der Waals surface area contributed by atoms with Crippen molar-refractivity contribution < 1.29 is 18.7 Å². The highest BCUT2D eigenvalue weighted by molar-refractivity contribution is 5.79. The van der Waals surface area contributed by atoms with Gasteiger partial charge in [0, 0.05) is 0 Å². The first-order valence-corrected chi connectivity index (χ1v) is 6.91. The second-order valence-electron chi connectivity index (χ2n) is 5.00. The minimum Gasteiger partial charge on any atom is -0.481 e. The van der Waals surface area contributed by atoms with Crippen LogP contribution in [0.3, 0.4) is 0 Å². The second-order valence-corrected chi connectivity index (χ2v) is 5.00. The predicted octanol–water partition coefficient (Wildman–Crippen LogP) is 3.34. The van der Waals surface area contributed by atoms with Crippen LogP contribution in [0.4, 0.5) is 12.0 Å². The Morgan fingerprint density at radius 2 is 1.70 bits per heavy atom. The van der Waals surface area contributed by atoms with Crippen LogP contribution in [0.15, 0.2) is 51.3 Å². The Balaban J connectivity index is 1.64. The molecule has 114 valence electrons. The van der Waals surface area contributed by atoms with E-state index in [2.05, 4.69) is 15.3 Å². The van der Waals surface area contributed by atoms with Crippen molar-refractivity contribution in [3.8, 4) is 0 Å². The van der Waals surface area contributed by atoms with Gasteiger partial charge in [-0.3, -0.25) is 10.1 Å². The van der Waals surface area contributed by atoms with Gasteiger partial charge in [0.2, 0.25) is 0 Å². The fourth-order valence-corrected chi connectivity index (χ4v) is 2.33. The van der Waals surface area contributed by atoms with Gasteiger partial charge in [0.1, 0.15) is 11.0 Å². The number of oxazole rings is 2. The SMILES string of the molecule is O=C(O)Cc1ccc2oc(Nc3nc4ccccc4o3)nc2c1. The Bertz CT molecular complexity index is 985. The summed E-state index contributed by atoms with van der Waals surface area (Å²) in [5, 5.41) is 11.7. The summed E-state index contributed by atoms with van der Waals surface area (Å²) in [6, 6.07) is 13.0. The molecule has 2 aromatic heterocycles. The zero-order valence-corrected chi connectivity index (χ0v) is 11.8. The van der Waals surface area contributed by atoms with E-state index in [1.807, 2.05) is 24.3 Å². The molecule has 0 atom stereocenters. The average molecular weight is 309 g/mol. The number of nitrogens with one attached hydrogen (secondary N) is 1. The van der Waals surface area contributed by atoms with Crippen LogP contribution in [-0.2, 0) is 11.2 Å². The first kappa shape index (κ1) is 13.3. The highest BCUT2D eigenvalue weighted by Crippen LogP contribution is 2.25. The Morgan fingerprint density at radius 1 is 1.00 bits per heavy atom. The van der Waals surface area contributed by atoms with Crippen LogP contribution < -0.4 is 5.32 Å². The van der Waals surface area contributed by atoms with Gasteiger partial charge < -0.3 is 13.9 Å². The molecule has 0 bridgehead atoms. The monoisotopic (exact) mass is 309 g/mol. The number of para-hydroxylation sites is 2. The van der Waals surface area contributed by atoms with Gasteiger partial charge in [0.25, 0.3) is 0 Å². The molecule has 0 aliphatic rings. The van der Waals surface area contributed by atoms with Gasteiger partial charge in [0.15, 0.2) is 11.2 Å². The first-order valence-electron chi connectivity index (χ1n) is 6.91. The van der Waals surface area contributed by atoms with E-state index in [0.717, 1.165) is 5.52 Å². The summed E-state index contributed by atoms with van der Waals surface area (Å²) < 4.78 is 11.1. The number of hydrogen-bond acceptors (Lipinski definition) is 6. The Kier molecular flexibility index (Phi) is 2.97. The van der Waals surface area contributed by atoms with Crippen molar-refractivity contribution in [2.24, 2.45) is 0 Å². The van der Waals surface area contributed by atoms with Gasteiger partial charge in [-0.15, -0.1) is 0 Å². The van der Waals surface area contributed by atoms with Crippen LogP contribution in [0.2, 0.25) is 0 Å². The fraction of sp³-hybridized carbons (Fsp3) is 0.0625. The lowest BCUT2D eigenvalue weighted by Crippen LogP contribution is -1.99. The third-order valence-electron chi connectivity index (χ3n) is 3.32. The zero-order chi connectivity index (χ0) is 15.8. The van der Waals surface area contributed by atoms with Crippen LogP contribution in [0.1, 0.15) is 5.56 Å². The molecular formula is C16H11N3O4. The summed E-state index contributed by atoms with van der Waals surface area (Å²) in [7, 11) is 0. The van der Waals surface area contributed by atoms with E-state index in [1.54, 1.807) is 18.2 Å². The minimum absolute atomic E-state index is 0.0588. The number of carboxylic acid groups (broad SMARTS) is 1. The number of rotatable bonds is 4. The maximum absolute atomic E-state index is 10.8. The summed E-state index contributed by atoms with van der Waals surface area (Å²) in [6.07, 6.45) is -0.0588. The van der Waals surface area contributed by atoms with E-state index in [0.29, 0.717) is 22.2 Å². The molecule has 23 heavy (non-hydrogen) atoms. The zero-order valence-electron chi connectivity index (χ0n) is 11.8. The number of anilines is 2. The molecule has 0 aliphatic heterocycles. The lowest BCUT2D eigenvalue weighted by atomic mass is 10.1. The van der Waals surface area contributed by atoms with E-state index < -0.39 is 5.97 Å².